The summed E-state index contributed by atoms with van der Waals surface area (Å²) >= 11 is 0. The lowest BCUT2D eigenvalue weighted by molar-refractivity contribution is 0.381. The van der Waals surface area contributed by atoms with Crippen LogP contribution in [0.25, 0.3) is 6.08 Å². The van der Waals surface area contributed by atoms with Crippen LogP contribution in [0.4, 0.5) is 0 Å². The van der Waals surface area contributed by atoms with E-state index in [1.54, 1.807) is 0 Å². The van der Waals surface area contributed by atoms with Gasteiger partial charge >= 0.3 is 0 Å². The van der Waals surface area contributed by atoms with Gasteiger partial charge < -0.3 is 5.32 Å². The van der Waals surface area contributed by atoms with Gasteiger partial charge in [0.15, 0.2) is 0 Å². The Kier molecular flexibility index (Phi) is 6.48. The molecule has 0 aliphatic carbocycles. The Morgan fingerprint density at radius 2 is 1.85 bits per heavy atom. The summed E-state index contributed by atoms with van der Waals surface area (Å²) < 4.78 is 0. The fourth-order valence-electron chi connectivity index (χ4n) is 2.08. The van der Waals surface area contributed by atoms with E-state index in [9.17, 15) is 0 Å². The fourth-order valence-corrected chi connectivity index (χ4v) is 2.08. The zero-order chi connectivity index (χ0) is 15.2. The van der Waals surface area contributed by atoms with Crippen molar-refractivity contribution in [2.75, 3.05) is 6.54 Å². The second kappa shape index (κ2) is 7.64. The van der Waals surface area contributed by atoms with E-state index in [4.69, 9.17) is 0 Å². The van der Waals surface area contributed by atoms with Crippen LogP contribution in [0.2, 0.25) is 0 Å². The largest absolute Gasteiger partial charge is 0.312 e. The molecular formula is C19H31N. The van der Waals surface area contributed by atoms with Crippen LogP contribution in [0.3, 0.4) is 0 Å². The van der Waals surface area contributed by atoms with Crippen molar-refractivity contribution in [1.29, 1.82) is 0 Å². The summed E-state index contributed by atoms with van der Waals surface area (Å²) in [5, 5.41) is 3.58. The normalized spacial score (nSPS) is 14.2. The SMILES string of the molecule is CC(C)/C=C/c1cccc(C[C@@H](C)CNC(C)(C)C)c1. The number of rotatable bonds is 6. The van der Waals surface area contributed by atoms with E-state index in [1.165, 1.54) is 11.1 Å². The van der Waals surface area contributed by atoms with Crippen molar-refractivity contribution in [3.8, 4) is 0 Å². The maximum Gasteiger partial charge on any atom is 0.00966 e. The summed E-state index contributed by atoms with van der Waals surface area (Å²) in [6.07, 6.45) is 5.61. The molecule has 1 aromatic carbocycles. The lowest BCUT2D eigenvalue weighted by Crippen LogP contribution is -2.39. The maximum atomic E-state index is 3.58. The first kappa shape index (κ1) is 17.0. The van der Waals surface area contributed by atoms with Gasteiger partial charge in [0.1, 0.15) is 0 Å². The predicted octanol–water partition coefficient (Wildman–Crippen LogP) is 4.92. The molecule has 0 amide bonds. The Labute approximate surface area is 125 Å². The van der Waals surface area contributed by atoms with Crippen LogP contribution in [0.15, 0.2) is 30.3 Å². The molecule has 1 nitrogen and oxygen atoms in total. The van der Waals surface area contributed by atoms with Crippen LogP contribution >= 0.6 is 0 Å². The highest BCUT2D eigenvalue weighted by Gasteiger charge is 2.11. The molecule has 1 atom stereocenters. The molecule has 0 fully saturated rings. The topological polar surface area (TPSA) is 12.0 Å². The van der Waals surface area contributed by atoms with E-state index in [-0.39, 0.29) is 5.54 Å². The van der Waals surface area contributed by atoms with E-state index in [1.807, 2.05) is 0 Å². The van der Waals surface area contributed by atoms with Crippen LogP contribution < -0.4 is 5.32 Å². The van der Waals surface area contributed by atoms with Gasteiger partial charge in [0, 0.05) is 5.54 Å². The second-order valence-corrected chi connectivity index (χ2v) is 7.29. The third-order valence-electron chi connectivity index (χ3n) is 3.19. The third kappa shape index (κ3) is 7.49. The fraction of sp³-hybridized carbons (Fsp3) is 0.579. The Morgan fingerprint density at radius 1 is 1.15 bits per heavy atom. The molecule has 112 valence electrons. The highest BCUT2D eigenvalue weighted by atomic mass is 14.9. The highest BCUT2D eigenvalue weighted by molar-refractivity contribution is 5.50. The number of hydrogen-bond acceptors (Lipinski definition) is 1. The van der Waals surface area contributed by atoms with Crippen molar-refractivity contribution < 1.29 is 0 Å². The van der Waals surface area contributed by atoms with Crippen LogP contribution in [0, 0.1) is 11.8 Å². The molecule has 0 bridgehead atoms. The van der Waals surface area contributed by atoms with Gasteiger partial charge in [-0.1, -0.05) is 57.2 Å². The Hall–Kier alpha value is -1.08. The molecule has 1 rings (SSSR count). The van der Waals surface area contributed by atoms with Gasteiger partial charge in [0.25, 0.3) is 0 Å². The minimum Gasteiger partial charge on any atom is -0.312 e. The molecule has 0 unspecified atom stereocenters. The van der Waals surface area contributed by atoms with E-state index >= 15 is 0 Å². The molecule has 0 aliphatic rings. The van der Waals surface area contributed by atoms with Crippen molar-refractivity contribution >= 4 is 6.08 Å². The lowest BCUT2D eigenvalue weighted by Gasteiger charge is -2.23. The number of benzene rings is 1. The molecule has 1 N–H and O–H groups in total. The standard InChI is InChI=1S/C19H31N/c1-15(2)10-11-17-8-7-9-18(13-17)12-16(3)14-20-19(4,5)6/h7-11,13,15-16,20H,12,14H2,1-6H3/b11-10+/t16-/m1/s1. The summed E-state index contributed by atoms with van der Waals surface area (Å²) in [4.78, 5) is 0. The van der Waals surface area contributed by atoms with Gasteiger partial charge in [-0.15, -0.1) is 0 Å². The number of hydrogen-bond donors (Lipinski definition) is 1. The number of nitrogens with one attached hydrogen (secondary N) is 1. The first-order valence-electron chi connectivity index (χ1n) is 7.78. The van der Waals surface area contributed by atoms with Crippen molar-refractivity contribution in [2.45, 2.75) is 53.5 Å². The van der Waals surface area contributed by atoms with Crippen LogP contribution in [0.1, 0.15) is 52.7 Å². The number of allylic oxidation sites excluding steroid dienone is 1. The van der Waals surface area contributed by atoms with Gasteiger partial charge in [-0.25, -0.2) is 0 Å². The van der Waals surface area contributed by atoms with Gasteiger partial charge in [0.2, 0.25) is 0 Å². The minimum absolute atomic E-state index is 0.204. The second-order valence-electron chi connectivity index (χ2n) is 7.29. The average Bonchev–Trinajstić information content (AvgIpc) is 2.34. The Morgan fingerprint density at radius 3 is 2.45 bits per heavy atom. The first-order chi connectivity index (χ1) is 9.26. The smallest absolute Gasteiger partial charge is 0.00966 e. The molecule has 0 radical (unpaired) electrons. The van der Waals surface area contributed by atoms with E-state index in [2.05, 4.69) is 83.3 Å². The third-order valence-corrected chi connectivity index (χ3v) is 3.19. The lowest BCUT2D eigenvalue weighted by atomic mass is 9.98. The molecule has 0 saturated carbocycles. The van der Waals surface area contributed by atoms with Crippen LogP contribution in [-0.4, -0.2) is 12.1 Å². The van der Waals surface area contributed by atoms with E-state index < -0.39 is 0 Å². The highest BCUT2D eigenvalue weighted by Crippen LogP contribution is 2.13. The van der Waals surface area contributed by atoms with E-state index in [0.717, 1.165) is 13.0 Å². The summed E-state index contributed by atoms with van der Waals surface area (Å²) in [7, 11) is 0. The molecule has 0 aromatic heterocycles. The molecule has 0 heterocycles. The predicted molar refractivity (Wildman–Crippen MR) is 90.9 cm³/mol. The Bertz CT molecular complexity index is 424. The maximum absolute atomic E-state index is 3.58. The van der Waals surface area contributed by atoms with Crippen molar-refractivity contribution in [3.05, 3.63) is 41.5 Å². The van der Waals surface area contributed by atoms with Crippen molar-refractivity contribution in [1.82, 2.24) is 5.32 Å². The molecular weight excluding hydrogens is 242 g/mol. The van der Waals surface area contributed by atoms with Gasteiger partial charge in [0.05, 0.1) is 0 Å². The molecule has 20 heavy (non-hydrogen) atoms. The molecule has 0 saturated heterocycles. The van der Waals surface area contributed by atoms with E-state index in [0.29, 0.717) is 11.8 Å². The van der Waals surface area contributed by atoms with Gasteiger partial charge in [-0.05, 0) is 56.7 Å². The van der Waals surface area contributed by atoms with Crippen LogP contribution in [-0.2, 0) is 6.42 Å². The summed E-state index contributed by atoms with van der Waals surface area (Å²) in [5.41, 5.74) is 2.95. The van der Waals surface area contributed by atoms with Crippen molar-refractivity contribution in [2.24, 2.45) is 11.8 Å². The molecule has 0 aliphatic heterocycles. The van der Waals surface area contributed by atoms with Gasteiger partial charge in [-0.3, -0.25) is 0 Å². The zero-order valence-corrected chi connectivity index (χ0v) is 14.0. The summed E-state index contributed by atoms with van der Waals surface area (Å²) in [6.45, 7) is 14.5. The van der Waals surface area contributed by atoms with Crippen LogP contribution in [0.5, 0.6) is 0 Å². The monoisotopic (exact) mass is 273 g/mol. The van der Waals surface area contributed by atoms with Crippen molar-refractivity contribution in [3.63, 3.8) is 0 Å². The molecule has 1 heteroatoms. The average molecular weight is 273 g/mol. The summed E-state index contributed by atoms with van der Waals surface area (Å²) in [6, 6.07) is 8.90. The van der Waals surface area contributed by atoms with Gasteiger partial charge in [-0.2, -0.15) is 0 Å². The Balaban J connectivity index is 2.57. The first-order valence-corrected chi connectivity index (χ1v) is 7.78. The quantitative estimate of drug-likeness (QED) is 0.775. The zero-order valence-electron chi connectivity index (χ0n) is 14.0. The molecule has 0 spiro atoms. The molecule has 1 aromatic rings. The summed E-state index contributed by atoms with van der Waals surface area (Å²) in [5.74, 6) is 1.26. The minimum atomic E-state index is 0.204.